The molecule has 2 amide bonds. The third-order valence-electron chi connectivity index (χ3n) is 2.73. The van der Waals surface area contributed by atoms with Gasteiger partial charge in [-0.2, -0.15) is 0 Å². The van der Waals surface area contributed by atoms with Crippen LogP contribution in [0.3, 0.4) is 0 Å². The minimum atomic E-state index is -3.09. The van der Waals surface area contributed by atoms with Crippen LogP contribution in [0.4, 0.5) is 0 Å². The average molecular weight is 294 g/mol. The molecule has 1 aliphatic rings. The molecule has 19 heavy (non-hydrogen) atoms. The van der Waals surface area contributed by atoms with Crippen molar-refractivity contribution in [2.45, 2.75) is 18.8 Å². The quantitative estimate of drug-likeness (QED) is 0.449. The molecule has 0 aromatic heterocycles. The molecule has 0 spiro atoms. The summed E-state index contributed by atoms with van der Waals surface area (Å²) in [4.78, 5) is 22.9. The van der Waals surface area contributed by atoms with E-state index in [4.69, 9.17) is 9.47 Å². The van der Waals surface area contributed by atoms with Gasteiger partial charge >= 0.3 is 11.8 Å². The molecule has 1 rings (SSSR count). The molecule has 1 unspecified atom stereocenters. The molecule has 110 valence electrons. The predicted octanol–water partition coefficient (Wildman–Crippen LogP) is -1.98. The van der Waals surface area contributed by atoms with E-state index in [-0.39, 0.29) is 18.1 Å². The first-order valence-corrected chi connectivity index (χ1v) is 7.55. The second-order valence-electron chi connectivity index (χ2n) is 4.18. The highest BCUT2D eigenvalue weighted by Gasteiger charge is 2.30. The summed E-state index contributed by atoms with van der Waals surface area (Å²) in [5, 5.41) is 4.71. The highest BCUT2D eigenvalue weighted by molar-refractivity contribution is 7.91. The maximum atomic E-state index is 11.5. The number of carbonyl (C=O) groups excluding carboxylic acids is 2. The summed E-state index contributed by atoms with van der Waals surface area (Å²) in [6.07, 6.45) is -0.302. The van der Waals surface area contributed by atoms with E-state index in [0.717, 1.165) is 0 Å². The normalized spacial score (nSPS) is 21.3. The van der Waals surface area contributed by atoms with Crippen molar-refractivity contribution in [3.63, 3.8) is 0 Å². The van der Waals surface area contributed by atoms with Gasteiger partial charge in [0.1, 0.15) is 0 Å². The maximum Gasteiger partial charge on any atom is 0.309 e. The summed E-state index contributed by atoms with van der Waals surface area (Å²) in [5.41, 5.74) is 0. The Hall–Kier alpha value is -1.19. The van der Waals surface area contributed by atoms with Crippen molar-refractivity contribution in [2.24, 2.45) is 0 Å². The monoisotopic (exact) mass is 294 g/mol. The van der Waals surface area contributed by atoms with Crippen molar-refractivity contribution in [1.29, 1.82) is 0 Å². The van der Waals surface area contributed by atoms with Crippen LogP contribution >= 0.6 is 0 Å². The van der Waals surface area contributed by atoms with Gasteiger partial charge in [-0.3, -0.25) is 9.59 Å². The van der Waals surface area contributed by atoms with Crippen LogP contribution in [0.2, 0.25) is 0 Å². The first-order chi connectivity index (χ1) is 8.88. The lowest BCUT2D eigenvalue weighted by molar-refractivity contribution is -0.142. The number of sulfone groups is 1. The van der Waals surface area contributed by atoms with Crippen LogP contribution in [0.1, 0.15) is 6.42 Å². The van der Waals surface area contributed by atoms with Gasteiger partial charge in [-0.25, -0.2) is 8.42 Å². The van der Waals surface area contributed by atoms with E-state index >= 15 is 0 Å². The molecule has 1 atom stereocenters. The molecular weight excluding hydrogens is 276 g/mol. The SMILES string of the molecule is COC(CNC(=O)C(=O)NC1CCS(=O)(=O)C1)OC. The predicted molar refractivity (Wildman–Crippen MR) is 66.0 cm³/mol. The Bertz CT molecular complexity index is 431. The number of ether oxygens (including phenoxy) is 2. The van der Waals surface area contributed by atoms with Gasteiger partial charge in [0, 0.05) is 20.3 Å². The zero-order valence-electron chi connectivity index (χ0n) is 10.8. The van der Waals surface area contributed by atoms with Gasteiger partial charge in [0.25, 0.3) is 0 Å². The zero-order valence-corrected chi connectivity index (χ0v) is 11.7. The van der Waals surface area contributed by atoms with Crippen molar-refractivity contribution < 1.29 is 27.5 Å². The second kappa shape index (κ2) is 6.83. The Morgan fingerprint density at radius 1 is 1.26 bits per heavy atom. The topological polar surface area (TPSA) is 111 Å². The molecule has 0 aromatic rings. The lowest BCUT2D eigenvalue weighted by Gasteiger charge is -2.14. The van der Waals surface area contributed by atoms with E-state index in [1.54, 1.807) is 0 Å². The Morgan fingerprint density at radius 2 is 1.89 bits per heavy atom. The highest BCUT2D eigenvalue weighted by Crippen LogP contribution is 2.10. The Kier molecular flexibility index (Phi) is 5.70. The van der Waals surface area contributed by atoms with E-state index < -0.39 is 34.0 Å². The van der Waals surface area contributed by atoms with Crippen molar-refractivity contribution >= 4 is 21.7 Å². The van der Waals surface area contributed by atoms with E-state index in [0.29, 0.717) is 6.42 Å². The summed E-state index contributed by atoms with van der Waals surface area (Å²) in [6, 6.07) is -0.496. The van der Waals surface area contributed by atoms with E-state index in [9.17, 15) is 18.0 Å². The van der Waals surface area contributed by atoms with Gasteiger partial charge < -0.3 is 20.1 Å². The van der Waals surface area contributed by atoms with Gasteiger partial charge in [-0.05, 0) is 6.42 Å². The molecule has 2 N–H and O–H groups in total. The number of amides is 2. The van der Waals surface area contributed by atoms with Crippen LogP contribution in [-0.4, -0.2) is 64.8 Å². The molecule has 0 bridgehead atoms. The Balaban J connectivity index is 2.35. The third kappa shape index (κ3) is 5.13. The molecule has 1 aliphatic heterocycles. The molecule has 9 heteroatoms. The summed E-state index contributed by atoms with van der Waals surface area (Å²) >= 11 is 0. The fourth-order valence-electron chi connectivity index (χ4n) is 1.68. The molecule has 1 heterocycles. The largest absolute Gasteiger partial charge is 0.354 e. The number of nitrogens with one attached hydrogen (secondary N) is 2. The van der Waals surface area contributed by atoms with Crippen LogP contribution in [-0.2, 0) is 28.9 Å². The van der Waals surface area contributed by atoms with Crippen molar-refractivity contribution in [3.05, 3.63) is 0 Å². The molecule has 8 nitrogen and oxygen atoms in total. The van der Waals surface area contributed by atoms with Crippen LogP contribution in [0.15, 0.2) is 0 Å². The molecule has 0 aromatic carbocycles. The third-order valence-corrected chi connectivity index (χ3v) is 4.50. The standard InChI is InChI=1S/C10H18N2O6S/c1-17-8(18-2)5-11-9(13)10(14)12-7-3-4-19(15,16)6-7/h7-8H,3-6H2,1-2H3,(H,11,13)(H,12,14). The maximum absolute atomic E-state index is 11.5. The second-order valence-corrected chi connectivity index (χ2v) is 6.41. The molecule has 0 aliphatic carbocycles. The van der Waals surface area contributed by atoms with Crippen LogP contribution in [0.25, 0.3) is 0 Å². The highest BCUT2D eigenvalue weighted by atomic mass is 32.2. The minimum absolute atomic E-state index is 0.0300. The van der Waals surface area contributed by atoms with Crippen molar-refractivity contribution in [3.8, 4) is 0 Å². The smallest absolute Gasteiger partial charge is 0.309 e. The molecule has 1 fully saturated rings. The molecule has 0 radical (unpaired) electrons. The first kappa shape index (κ1) is 15.9. The molecule has 1 saturated heterocycles. The van der Waals surface area contributed by atoms with Gasteiger partial charge in [0.15, 0.2) is 16.1 Å². The zero-order chi connectivity index (χ0) is 14.5. The number of rotatable bonds is 5. The van der Waals surface area contributed by atoms with E-state index in [1.807, 2.05) is 0 Å². The average Bonchev–Trinajstić information content (AvgIpc) is 2.69. The minimum Gasteiger partial charge on any atom is -0.354 e. The lowest BCUT2D eigenvalue weighted by Crippen LogP contribution is -2.47. The van der Waals surface area contributed by atoms with E-state index in [2.05, 4.69) is 10.6 Å². The fraction of sp³-hybridized carbons (Fsp3) is 0.800. The van der Waals surface area contributed by atoms with Crippen molar-refractivity contribution in [1.82, 2.24) is 10.6 Å². The number of methoxy groups -OCH3 is 2. The number of hydrogen-bond donors (Lipinski definition) is 2. The van der Waals surface area contributed by atoms with Crippen molar-refractivity contribution in [2.75, 3.05) is 32.3 Å². The summed E-state index contributed by atoms with van der Waals surface area (Å²) in [6.45, 7) is 0.0300. The van der Waals surface area contributed by atoms with Gasteiger partial charge in [0.05, 0.1) is 18.1 Å². The van der Waals surface area contributed by atoms with Gasteiger partial charge in [0.2, 0.25) is 0 Å². The number of carbonyl (C=O) groups is 2. The van der Waals surface area contributed by atoms with E-state index in [1.165, 1.54) is 14.2 Å². The van der Waals surface area contributed by atoms with Crippen LogP contribution < -0.4 is 10.6 Å². The van der Waals surface area contributed by atoms with Gasteiger partial charge in [-0.1, -0.05) is 0 Å². The molecule has 0 saturated carbocycles. The first-order valence-electron chi connectivity index (χ1n) is 5.72. The summed E-state index contributed by atoms with van der Waals surface area (Å²) in [5.74, 6) is -1.78. The van der Waals surface area contributed by atoms with Gasteiger partial charge in [-0.15, -0.1) is 0 Å². The Morgan fingerprint density at radius 3 is 2.37 bits per heavy atom. The number of hydrogen-bond acceptors (Lipinski definition) is 6. The summed E-state index contributed by atoms with van der Waals surface area (Å²) < 4.78 is 32.1. The Labute approximate surface area is 111 Å². The van der Waals surface area contributed by atoms with Crippen LogP contribution in [0, 0.1) is 0 Å². The fourth-order valence-corrected chi connectivity index (χ4v) is 3.35. The van der Waals surface area contributed by atoms with Crippen LogP contribution in [0.5, 0.6) is 0 Å². The summed E-state index contributed by atoms with van der Waals surface area (Å²) in [7, 11) is -0.274. The molecular formula is C10H18N2O6S. The lowest BCUT2D eigenvalue weighted by atomic mass is 10.2.